The van der Waals surface area contributed by atoms with Crippen LogP contribution in [0, 0.1) is 5.82 Å². The third kappa shape index (κ3) is 3.26. The standard InChI is InChI=1S/C14H17FN2O3/c1-20-13(18)9-16-14(19)17-8-2-3-12(17)10-4-6-11(15)7-5-10/h4-7,12H,2-3,8-9H2,1H3,(H,16,19)/t12-/m0/s1. The lowest BCUT2D eigenvalue weighted by Gasteiger charge is -2.25. The van der Waals surface area contributed by atoms with Crippen molar-refractivity contribution >= 4 is 12.0 Å². The molecule has 20 heavy (non-hydrogen) atoms. The molecule has 6 heteroatoms. The van der Waals surface area contributed by atoms with Crippen LogP contribution in [0.2, 0.25) is 0 Å². The minimum absolute atomic E-state index is 0.0757. The third-order valence-corrected chi connectivity index (χ3v) is 3.38. The van der Waals surface area contributed by atoms with Gasteiger partial charge in [0.05, 0.1) is 13.2 Å². The molecule has 0 radical (unpaired) electrons. The first-order valence-electron chi connectivity index (χ1n) is 6.48. The number of nitrogens with one attached hydrogen (secondary N) is 1. The van der Waals surface area contributed by atoms with Crippen LogP contribution < -0.4 is 5.32 Å². The van der Waals surface area contributed by atoms with Crippen molar-refractivity contribution in [2.75, 3.05) is 20.2 Å². The molecule has 1 aliphatic heterocycles. The Morgan fingerprint density at radius 2 is 2.10 bits per heavy atom. The van der Waals surface area contributed by atoms with Gasteiger partial charge >= 0.3 is 12.0 Å². The summed E-state index contributed by atoms with van der Waals surface area (Å²) < 4.78 is 17.4. The number of urea groups is 1. The number of ether oxygens (including phenoxy) is 1. The lowest BCUT2D eigenvalue weighted by molar-refractivity contribution is -0.139. The van der Waals surface area contributed by atoms with E-state index >= 15 is 0 Å². The molecule has 1 aliphatic rings. The van der Waals surface area contributed by atoms with Crippen LogP contribution in [-0.2, 0) is 9.53 Å². The van der Waals surface area contributed by atoms with E-state index in [9.17, 15) is 14.0 Å². The van der Waals surface area contributed by atoms with Crippen LogP contribution in [0.1, 0.15) is 24.4 Å². The van der Waals surface area contributed by atoms with Crippen LogP contribution in [0.25, 0.3) is 0 Å². The van der Waals surface area contributed by atoms with Crippen molar-refractivity contribution in [1.29, 1.82) is 0 Å². The monoisotopic (exact) mass is 280 g/mol. The molecule has 2 rings (SSSR count). The fourth-order valence-electron chi connectivity index (χ4n) is 2.36. The first kappa shape index (κ1) is 14.3. The summed E-state index contributed by atoms with van der Waals surface area (Å²) in [6.45, 7) is 0.469. The molecule has 1 aromatic rings. The summed E-state index contributed by atoms with van der Waals surface area (Å²) in [5.41, 5.74) is 0.900. The molecule has 1 saturated heterocycles. The van der Waals surface area contributed by atoms with Crippen molar-refractivity contribution < 1.29 is 18.7 Å². The number of benzene rings is 1. The summed E-state index contributed by atoms with van der Waals surface area (Å²) in [6, 6.07) is 5.77. The number of rotatable bonds is 3. The molecule has 2 amide bonds. The summed E-state index contributed by atoms with van der Waals surface area (Å²) in [5, 5.41) is 2.52. The number of carbonyl (C=O) groups excluding carboxylic acids is 2. The normalized spacial score (nSPS) is 17.9. The Bertz CT molecular complexity index is 490. The van der Waals surface area contributed by atoms with Gasteiger partial charge in [0.25, 0.3) is 0 Å². The number of methoxy groups -OCH3 is 1. The Balaban J connectivity index is 2.01. The van der Waals surface area contributed by atoms with Crippen LogP contribution >= 0.6 is 0 Å². The van der Waals surface area contributed by atoms with E-state index in [0.717, 1.165) is 18.4 Å². The first-order chi connectivity index (χ1) is 9.61. The van der Waals surface area contributed by atoms with Gasteiger partial charge in [0.15, 0.2) is 0 Å². The number of halogens is 1. The van der Waals surface area contributed by atoms with E-state index in [1.807, 2.05) is 0 Å². The Hall–Kier alpha value is -2.11. The number of hydrogen-bond donors (Lipinski definition) is 1. The molecule has 0 aromatic heterocycles. The predicted octanol–water partition coefficient (Wildman–Crippen LogP) is 1.85. The lowest BCUT2D eigenvalue weighted by Crippen LogP contribution is -2.41. The van der Waals surface area contributed by atoms with E-state index in [1.54, 1.807) is 17.0 Å². The molecule has 0 saturated carbocycles. The van der Waals surface area contributed by atoms with E-state index in [0.29, 0.717) is 6.54 Å². The zero-order valence-electron chi connectivity index (χ0n) is 11.3. The number of hydrogen-bond acceptors (Lipinski definition) is 3. The molecule has 0 aliphatic carbocycles. The maximum atomic E-state index is 12.9. The largest absolute Gasteiger partial charge is 0.468 e. The molecule has 0 spiro atoms. The van der Waals surface area contributed by atoms with Crippen molar-refractivity contribution in [2.24, 2.45) is 0 Å². The Morgan fingerprint density at radius 3 is 2.75 bits per heavy atom. The lowest BCUT2D eigenvalue weighted by atomic mass is 10.0. The average Bonchev–Trinajstić information content (AvgIpc) is 2.94. The summed E-state index contributed by atoms with van der Waals surface area (Å²) in [4.78, 5) is 24.7. The maximum Gasteiger partial charge on any atom is 0.325 e. The van der Waals surface area contributed by atoms with Crippen molar-refractivity contribution in [3.8, 4) is 0 Å². The zero-order chi connectivity index (χ0) is 14.5. The van der Waals surface area contributed by atoms with Crippen molar-refractivity contribution in [3.63, 3.8) is 0 Å². The Labute approximate surface area is 116 Å². The highest BCUT2D eigenvalue weighted by molar-refractivity contribution is 5.81. The second-order valence-corrected chi connectivity index (χ2v) is 4.64. The van der Waals surface area contributed by atoms with Crippen LogP contribution in [-0.4, -0.2) is 37.1 Å². The van der Waals surface area contributed by atoms with Crippen LogP contribution in [0.15, 0.2) is 24.3 Å². The van der Waals surface area contributed by atoms with Crippen molar-refractivity contribution in [3.05, 3.63) is 35.6 Å². The van der Waals surface area contributed by atoms with Crippen LogP contribution in [0.4, 0.5) is 9.18 Å². The van der Waals surface area contributed by atoms with Crippen LogP contribution in [0.3, 0.4) is 0 Å². The quantitative estimate of drug-likeness (QED) is 0.860. The van der Waals surface area contributed by atoms with E-state index in [1.165, 1.54) is 19.2 Å². The SMILES string of the molecule is COC(=O)CNC(=O)N1CCC[C@H]1c1ccc(F)cc1. The number of carbonyl (C=O) groups is 2. The van der Waals surface area contributed by atoms with Gasteiger partial charge in [0.1, 0.15) is 12.4 Å². The van der Waals surface area contributed by atoms with Crippen LogP contribution in [0.5, 0.6) is 0 Å². The highest BCUT2D eigenvalue weighted by atomic mass is 19.1. The predicted molar refractivity (Wildman–Crippen MR) is 70.5 cm³/mol. The van der Waals surface area contributed by atoms with Crippen molar-refractivity contribution in [2.45, 2.75) is 18.9 Å². The summed E-state index contributed by atoms with van der Waals surface area (Å²) in [6.07, 6.45) is 1.71. The van der Waals surface area contributed by atoms with Gasteiger partial charge in [-0.1, -0.05) is 12.1 Å². The summed E-state index contributed by atoms with van der Waals surface area (Å²) >= 11 is 0. The summed E-state index contributed by atoms with van der Waals surface area (Å²) in [7, 11) is 1.27. The van der Waals surface area contributed by atoms with Gasteiger partial charge in [-0.05, 0) is 30.5 Å². The third-order valence-electron chi connectivity index (χ3n) is 3.38. The molecule has 108 valence electrons. The second kappa shape index (κ2) is 6.36. The Morgan fingerprint density at radius 1 is 1.40 bits per heavy atom. The van der Waals surface area contributed by atoms with Gasteiger partial charge in [-0.3, -0.25) is 4.79 Å². The summed E-state index contributed by atoms with van der Waals surface area (Å²) in [5.74, 6) is -0.788. The maximum absolute atomic E-state index is 12.9. The highest BCUT2D eigenvalue weighted by Gasteiger charge is 2.30. The van der Waals surface area contributed by atoms with Gasteiger partial charge in [0.2, 0.25) is 0 Å². The van der Waals surface area contributed by atoms with E-state index in [4.69, 9.17) is 0 Å². The van der Waals surface area contributed by atoms with Gasteiger partial charge in [-0.15, -0.1) is 0 Å². The number of nitrogens with zero attached hydrogens (tertiary/aromatic N) is 1. The number of likely N-dealkylation sites (tertiary alicyclic amines) is 1. The molecular formula is C14H17FN2O3. The molecule has 1 atom stereocenters. The molecule has 0 unspecified atom stereocenters. The highest BCUT2D eigenvalue weighted by Crippen LogP contribution is 2.31. The smallest absolute Gasteiger partial charge is 0.325 e. The number of esters is 1. The minimum Gasteiger partial charge on any atom is -0.468 e. The minimum atomic E-state index is -0.490. The van der Waals surface area contributed by atoms with E-state index < -0.39 is 5.97 Å². The van der Waals surface area contributed by atoms with Gasteiger partial charge in [-0.25, -0.2) is 9.18 Å². The zero-order valence-corrected chi connectivity index (χ0v) is 11.3. The molecule has 1 aromatic carbocycles. The van der Waals surface area contributed by atoms with Gasteiger partial charge < -0.3 is 15.0 Å². The molecule has 1 fully saturated rings. The first-order valence-corrected chi connectivity index (χ1v) is 6.48. The second-order valence-electron chi connectivity index (χ2n) is 4.64. The van der Waals surface area contributed by atoms with Gasteiger partial charge in [0, 0.05) is 6.54 Å². The Kier molecular flexibility index (Phi) is 4.55. The molecular weight excluding hydrogens is 263 g/mol. The fourth-order valence-corrected chi connectivity index (χ4v) is 2.36. The van der Waals surface area contributed by atoms with Gasteiger partial charge in [-0.2, -0.15) is 0 Å². The molecule has 1 heterocycles. The average molecular weight is 280 g/mol. The molecule has 1 N–H and O–H groups in total. The molecule has 0 bridgehead atoms. The van der Waals surface area contributed by atoms with E-state index in [-0.39, 0.29) is 24.4 Å². The number of amides is 2. The van der Waals surface area contributed by atoms with Crippen molar-refractivity contribution in [1.82, 2.24) is 10.2 Å². The van der Waals surface area contributed by atoms with E-state index in [2.05, 4.69) is 10.1 Å². The topological polar surface area (TPSA) is 58.6 Å². The molecule has 5 nitrogen and oxygen atoms in total. The fraction of sp³-hybridized carbons (Fsp3) is 0.429.